The molecule has 2 aromatic rings. The van der Waals surface area contributed by atoms with Crippen molar-refractivity contribution >= 4 is 5.69 Å². The second kappa shape index (κ2) is 5.41. The van der Waals surface area contributed by atoms with E-state index in [9.17, 15) is 4.79 Å². The van der Waals surface area contributed by atoms with Crippen LogP contribution in [-0.2, 0) is 4.74 Å². The first-order chi connectivity index (χ1) is 10.0. The smallest absolute Gasteiger partial charge is 0.264 e. The molecule has 1 aliphatic rings. The van der Waals surface area contributed by atoms with Crippen LogP contribution in [0, 0.1) is 0 Å². The first-order valence-electron chi connectivity index (χ1n) is 7.30. The third-order valence-electron chi connectivity index (χ3n) is 3.86. The molecule has 1 unspecified atom stereocenters. The zero-order chi connectivity index (χ0) is 14.9. The van der Waals surface area contributed by atoms with Gasteiger partial charge >= 0.3 is 0 Å². The molecule has 1 aromatic heterocycles. The summed E-state index contributed by atoms with van der Waals surface area (Å²) in [7, 11) is 0. The van der Waals surface area contributed by atoms with Crippen molar-refractivity contribution < 1.29 is 4.74 Å². The summed E-state index contributed by atoms with van der Waals surface area (Å²) in [5.41, 5.74) is 2.72. The van der Waals surface area contributed by atoms with E-state index < -0.39 is 0 Å². The molecule has 3 N–H and O–H groups in total. The first kappa shape index (κ1) is 13.9. The highest BCUT2D eigenvalue weighted by Gasteiger charge is 2.28. The molecular weight excluding hydrogens is 266 g/mol. The molecule has 0 amide bonds. The van der Waals surface area contributed by atoms with Crippen LogP contribution >= 0.6 is 0 Å². The number of aromatic nitrogens is 2. The van der Waals surface area contributed by atoms with Crippen LogP contribution in [0.3, 0.4) is 0 Å². The van der Waals surface area contributed by atoms with E-state index in [4.69, 9.17) is 4.74 Å². The summed E-state index contributed by atoms with van der Waals surface area (Å²) in [6, 6.07) is 10.1. The van der Waals surface area contributed by atoms with Gasteiger partial charge in [-0.1, -0.05) is 12.1 Å². The van der Waals surface area contributed by atoms with Crippen LogP contribution in [0.25, 0.3) is 11.3 Å². The molecule has 5 nitrogen and oxygen atoms in total. The van der Waals surface area contributed by atoms with Crippen LogP contribution in [0.4, 0.5) is 5.69 Å². The number of aromatic amines is 2. The zero-order valence-corrected chi connectivity index (χ0v) is 12.4. The molecule has 21 heavy (non-hydrogen) atoms. The first-order valence-corrected chi connectivity index (χ1v) is 7.30. The summed E-state index contributed by atoms with van der Waals surface area (Å²) in [6.07, 6.45) is 2.02. The Morgan fingerprint density at radius 2 is 2.00 bits per heavy atom. The molecule has 1 aliphatic heterocycles. The maximum Gasteiger partial charge on any atom is 0.264 e. The van der Waals surface area contributed by atoms with Crippen molar-refractivity contribution in [3.8, 4) is 11.3 Å². The maximum atomic E-state index is 11.1. The molecule has 1 aromatic carbocycles. The third kappa shape index (κ3) is 3.36. The van der Waals surface area contributed by atoms with E-state index in [-0.39, 0.29) is 11.2 Å². The quantitative estimate of drug-likeness (QED) is 0.813. The van der Waals surface area contributed by atoms with Gasteiger partial charge in [-0.15, -0.1) is 0 Å². The van der Waals surface area contributed by atoms with Gasteiger partial charge in [0.15, 0.2) is 0 Å². The monoisotopic (exact) mass is 287 g/mol. The number of anilines is 1. The Morgan fingerprint density at radius 1 is 1.24 bits per heavy atom. The minimum Gasteiger partial charge on any atom is -0.382 e. The van der Waals surface area contributed by atoms with Crippen LogP contribution < -0.4 is 10.9 Å². The molecular formula is C16H21N3O2. The van der Waals surface area contributed by atoms with E-state index in [0.717, 1.165) is 36.4 Å². The fourth-order valence-electron chi connectivity index (χ4n) is 2.82. The topological polar surface area (TPSA) is 69.9 Å². The molecule has 0 aliphatic carbocycles. The number of rotatable bonds is 3. The van der Waals surface area contributed by atoms with Crippen molar-refractivity contribution in [2.45, 2.75) is 38.3 Å². The number of H-pyrrole nitrogens is 2. The minimum atomic E-state index is -0.114. The number of hydrogen-bond acceptors (Lipinski definition) is 3. The Morgan fingerprint density at radius 3 is 2.62 bits per heavy atom. The summed E-state index contributed by atoms with van der Waals surface area (Å²) < 4.78 is 5.74. The second-order valence-corrected chi connectivity index (χ2v) is 6.19. The van der Waals surface area contributed by atoms with E-state index >= 15 is 0 Å². The number of ether oxygens (including phenoxy) is 1. The standard InChI is InChI=1S/C16H21N3O2/c1-16(2)10-13(7-8-21-16)17-12-5-3-11(4-6-12)14-9-15(20)19-18-14/h3-6,9,13,17H,7-8,10H2,1-2H3,(H2,18,19,20). The molecule has 1 saturated heterocycles. The van der Waals surface area contributed by atoms with Crippen LogP contribution in [0.5, 0.6) is 0 Å². The van der Waals surface area contributed by atoms with Crippen LogP contribution in [0.15, 0.2) is 35.1 Å². The van der Waals surface area contributed by atoms with E-state index in [1.165, 1.54) is 0 Å². The van der Waals surface area contributed by atoms with Crippen molar-refractivity contribution in [2.75, 3.05) is 11.9 Å². The largest absolute Gasteiger partial charge is 0.382 e. The van der Waals surface area contributed by atoms with Crippen molar-refractivity contribution in [3.05, 3.63) is 40.7 Å². The number of nitrogens with one attached hydrogen (secondary N) is 3. The van der Waals surface area contributed by atoms with Gasteiger partial charge in [0.2, 0.25) is 0 Å². The van der Waals surface area contributed by atoms with E-state index in [2.05, 4.69) is 29.4 Å². The molecule has 5 heteroatoms. The van der Waals surface area contributed by atoms with Crippen molar-refractivity contribution in [1.29, 1.82) is 0 Å². The Labute approximate surface area is 123 Å². The summed E-state index contributed by atoms with van der Waals surface area (Å²) in [5.74, 6) is 0. The van der Waals surface area contributed by atoms with Gasteiger partial charge in [0.1, 0.15) is 0 Å². The fraction of sp³-hybridized carbons (Fsp3) is 0.438. The maximum absolute atomic E-state index is 11.1. The van der Waals surface area contributed by atoms with E-state index in [0.29, 0.717) is 6.04 Å². The number of benzene rings is 1. The van der Waals surface area contributed by atoms with Crippen LogP contribution in [-0.4, -0.2) is 28.4 Å². The summed E-state index contributed by atoms with van der Waals surface area (Å²) >= 11 is 0. The Kier molecular flexibility index (Phi) is 3.59. The van der Waals surface area contributed by atoms with Crippen LogP contribution in [0.2, 0.25) is 0 Å². The van der Waals surface area contributed by atoms with Gasteiger partial charge in [-0.2, -0.15) is 0 Å². The highest BCUT2D eigenvalue weighted by atomic mass is 16.5. The molecule has 0 bridgehead atoms. The zero-order valence-electron chi connectivity index (χ0n) is 12.4. The molecule has 0 spiro atoms. The Hall–Kier alpha value is -2.01. The van der Waals surface area contributed by atoms with Gasteiger partial charge in [0, 0.05) is 24.4 Å². The third-order valence-corrected chi connectivity index (χ3v) is 3.86. The normalized spacial score (nSPS) is 21.1. The summed E-state index contributed by atoms with van der Waals surface area (Å²) in [5, 5.41) is 8.97. The van der Waals surface area contributed by atoms with Crippen LogP contribution in [0.1, 0.15) is 26.7 Å². The molecule has 0 saturated carbocycles. The lowest BCUT2D eigenvalue weighted by Gasteiger charge is -2.36. The van der Waals surface area contributed by atoms with Gasteiger partial charge < -0.3 is 10.1 Å². The Balaban J connectivity index is 1.68. The predicted molar refractivity (Wildman–Crippen MR) is 83.5 cm³/mol. The number of hydrogen-bond donors (Lipinski definition) is 3. The molecule has 3 rings (SSSR count). The molecule has 1 atom stereocenters. The lowest BCUT2D eigenvalue weighted by molar-refractivity contribution is -0.0553. The van der Waals surface area contributed by atoms with E-state index in [1.54, 1.807) is 6.07 Å². The van der Waals surface area contributed by atoms with E-state index in [1.807, 2.05) is 24.3 Å². The van der Waals surface area contributed by atoms with Gasteiger partial charge in [-0.3, -0.25) is 15.0 Å². The fourth-order valence-corrected chi connectivity index (χ4v) is 2.82. The minimum absolute atomic E-state index is 0.0551. The average Bonchev–Trinajstić information content (AvgIpc) is 2.85. The summed E-state index contributed by atoms with van der Waals surface area (Å²) in [4.78, 5) is 11.1. The van der Waals surface area contributed by atoms with Gasteiger partial charge in [0.05, 0.1) is 11.3 Å². The summed E-state index contributed by atoms with van der Waals surface area (Å²) in [6.45, 7) is 5.06. The molecule has 2 heterocycles. The lowest BCUT2D eigenvalue weighted by Crippen LogP contribution is -2.40. The Bertz CT molecular complexity index is 655. The van der Waals surface area contributed by atoms with Gasteiger partial charge in [-0.05, 0) is 44.4 Å². The molecule has 0 radical (unpaired) electrons. The van der Waals surface area contributed by atoms with Gasteiger partial charge in [0.25, 0.3) is 5.56 Å². The molecule has 112 valence electrons. The molecule has 1 fully saturated rings. The average molecular weight is 287 g/mol. The highest BCUT2D eigenvalue weighted by molar-refractivity contribution is 5.62. The second-order valence-electron chi connectivity index (χ2n) is 6.19. The van der Waals surface area contributed by atoms with Gasteiger partial charge in [-0.25, -0.2) is 0 Å². The highest BCUT2D eigenvalue weighted by Crippen LogP contribution is 2.27. The van der Waals surface area contributed by atoms with Crippen molar-refractivity contribution in [3.63, 3.8) is 0 Å². The predicted octanol–water partition coefficient (Wildman–Crippen LogP) is 2.74. The SMILES string of the molecule is CC1(C)CC(Nc2ccc(-c3cc(=O)[nH][nH]3)cc2)CCO1. The van der Waals surface area contributed by atoms with Crippen molar-refractivity contribution in [1.82, 2.24) is 10.2 Å². The lowest BCUT2D eigenvalue weighted by atomic mass is 9.94. The van der Waals surface area contributed by atoms with Crippen molar-refractivity contribution in [2.24, 2.45) is 0 Å².